The quantitative estimate of drug-likeness (QED) is 0.806. The third-order valence-corrected chi connectivity index (χ3v) is 4.20. The van der Waals surface area contributed by atoms with Gasteiger partial charge in [0.15, 0.2) is 9.73 Å². The van der Waals surface area contributed by atoms with Gasteiger partial charge in [0, 0.05) is 6.54 Å². The summed E-state index contributed by atoms with van der Waals surface area (Å²) < 4.78 is 6.28. The van der Waals surface area contributed by atoms with Crippen LogP contribution in [0.2, 0.25) is 0 Å². The molecule has 0 aliphatic carbocycles. The van der Waals surface area contributed by atoms with Crippen molar-refractivity contribution in [1.29, 1.82) is 0 Å². The number of halogens is 1. The van der Waals surface area contributed by atoms with Gasteiger partial charge in [0.2, 0.25) is 0 Å². The topological polar surface area (TPSA) is 51.1 Å². The van der Waals surface area contributed by atoms with E-state index in [1.54, 1.807) is 6.33 Å². The Kier molecular flexibility index (Phi) is 2.97. The SMILES string of the molecule is C[C@H]1COCCN1c1ncnc2sc(Br)nc12. The molecule has 2 aromatic heterocycles. The van der Waals surface area contributed by atoms with Crippen molar-refractivity contribution in [3.8, 4) is 0 Å². The lowest BCUT2D eigenvalue weighted by molar-refractivity contribution is 0.0986. The molecule has 0 radical (unpaired) electrons. The first-order valence-electron chi connectivity index (χ1n) is 5.37. The number of morpholine rings is 1. The maximum Gasteiger partial charge on any atom is 0.161 e. The van der Waals surface area contributed by atoms with E-state index in [4.69, 9.17) is 4.74 Å². The zero-order valence-corrected chi connectivity index (χ0v) is 11.7. The summed E-state index contributed by atoms with van der Waals surface area (Å²) in [5.74, 6) is 0.910. The smallest absolute Gasteiger partial charge is 0.161 e. The highest BCUT2D eigenvalue weighted by Crippen LogP contribution is 2.30. The van der Waals surface area contributed by atoms with E-state index in [-0.39, 0.29) is 0 Å². The van der Waals surface area contributed by atoms with E-state index in [1.807, 2.05) is 0 Å². The Bertz CT molecular complexity index is 546. The Balaban J connectivity index is 2.09. The molecule has 1 aliphatic rings. The lowest BCUT2D eigenvalue weighted by atomic mass is 10.2. The van der Waals surface area contributed by atoms with Crippen molar-refractivity contribution >= 4 is 43.4 Å². The normalized spacial score (nSPS) is 21.1. The number of nitrogens with zero attached hydrogens (tertiary/aromatic N) is 4. The van der Waals surface area contributed by atoms with Gasteiger partial charge in [-0.05, 0) is 22.9 Å². The van der Waals surface area contributed by atoms with Crippen LogP contribution in [0.15, 0.2) is 10.2 Å². The summed E-state index contributed by atoms with van der Waals surface area (Å²) in [5, 5.41) is 0. The second-order valence-electron chi connectivity index (χ2n) is 3.94. The van der Waals surface area contributed by atoms with Gasteiger partial charge in [-0.15, -0.1) is 0 Å². The number of ether oxygens (including phenoxy) is 1. The molecule has 2 aromatic rings. The molecule has 0 bridgehead atoms. The van der Waals surface area contributed by atoms with Gasteiger partial charge >= 0.3 is 0 Å². The highest BCUT2D eigenvalue weighted by Gasteiger charge is 2.23. The van der Waals surface area contributed by atoms with Crippen LogP contribution < -0.4 is 4.90 Å². The maximum absolute atomic E-state index is 5.44. The molecule has 7 heteroatoms. The molecule has 0 amide bonds. The van der Waals surface area contributed by atoms with Crippen molar-refractivity contribution < 1.29 is 4.74 Å². The fourth-order valence-electron chi connectivity index (χ4n) is 1.97. The van der Waals surface area contributed by atoms with E-state index < -0.39 is 0 Å². The van der Waals surface area contributed by atoms with E-state index in [0.717, 1.165) is 39.8 Å². The Morgan fingerprint density at radius 1 is 1.53 bits per heavy atom. The number of rotatable bonds is 1. The van der Waals surface area contributed by atoms with E-state index >= 15 is 0 Å². The van der Waals surface area contributed by atoms with Crippen molar-refractivity contribution in [2.24, 2.45) is 0 Å². The third-order valence-electron chi connectivity index (χ3n) is 2.79. The molecule has 1 saturated heterocycles. The fraction of sp³-hybridized carbons (Fsp3) is 0.500. The molecule has 5 nitrogen and oxygen atoms in total. The van der Waals surface area contributed by atoms with Crippen LogP contribution in [0.3, 0.4) is 0 Å². The van der Waals surface area contributed by atoms with Gasteiger partial charge in [0.05, 0.1) is 19.3 Å². The zero-order valence-electron chi connectivity index (χ0n) is 9.26. The molecule has 0 spiro atoms. The average Bonchev–Trinajstić information content (AvgIpc) is 2.70. The minimum atomic E-state index is 0.322. The van der Waals surface area contributed by atoms with Gasteiger partial charge < -0.3 is 9.64 Å². The molecule has 0 unspecified atom stereocenters. The molecular formula is C10H11BrN4OS. The van der Waals surface area contributed by atoms with Gasteiger partial charge in [-0.3, -0.25) is 0 Å². The number of hydrogen-bond donors (Lipinski definition) is 0. The fourth-order valence-corrected chi connectivity index (χ4v) is 3.24. The van der Waals surface area contributed by atoms with Crippen LogP contribution in [0.25, 0.3) is 10.3 Å². The minimum absolute atomic E-state index is 0.322. The standard InChI is InChI=1S/C10H11BrN4OS/c1-6-4-16-3-2-15(6)8-7-9(13-5-12-8)17-10(11)14-7/h5-6H,2-4H2,1H3/t6-/m0/s1. The van der Waals surface area contributed by atoms with Crippen LogP contribution in [0, 0.1) is 0 Å². The monoisotopic (exact) mass is 314 g/mol. The lowest BCUT2D eigenvalue weighted by Gasteiger charge is -2.34. The molecule has 17 heavy (non-hydrogen) atoms. The van der Waals surface area contributed by atoms with Crippen LogP contribution in [0.5, 0.6) is 0 Å². The summed E-state index contributed by atoms with van der Waals surface area (Å²) in [7, 11) is 0. The van der Waals surface area contributed by atoms with Crippen molar-refractivity contribution in [3.05, 3.63) is 10.2 Å². The Hall–Kier alpha value is -0.790. The number of aromatic nitrogens is 3. The van der Waals surface area contributed by atoms with Crippen LogP contribution >= 0.6 is 27.3 Å². The minimum Gasteiger partial charge on any atom is -0.377 e. The Morgan fingerprint density at radius 2 is 2.41 bits per heavy atom. The lowest BCUT2D eigenvalue weighted by Crippen LogP contribution is -2.44. The molecule has 3 rings (SSSR count). The molecule has 3 heterocycles. The summed E-state index contributed by atoms with van der Waals surface area (Å²) in [6.45, 7) is 4.45. The average molecular weight is 315 g/mol. The van der Waals surface area contributed by atoms with Crippen LogP contribution in [-0.4, -0.2) is 40.8 Å². The van der Waals surface area contributed by atoms with E-state index in [2.05, 4.69) is 42.7 Å². The highest BCUT2D eigenvalue weighted by atomic mass is 79.9. The summed E-state index contributed by atoms with van der Waals surface area (Å²) in [5.41, 5.74) is 0.873. The third kappa shape index (κ3) is 2.02. The van der Waals surface area contributed by atoms with Crippen molar-refractivity contribution in [2.75, 3.05) is 24.7 Å². The first kappa shape index (κ1) is 11.3. The van der Waals surface area contributed by atoms with Gasteiger partial charge in [-0.1, -0.05) is 11.3 Å². The molecule has 90 valence electrons. The van der Waals surface area contributed by atoms with Crippen LogP contribution in [-0.2, 0) is 4.74 Å². The number of anilines is 1. The largest absolute Gasteiger partial charge is 0.377 e. The number of fused-ring (bicyclic) bond motifs is 1. The van der Waals surface area contributed by atoms with Crippen LogP contribution in [0.1, 0.15) is 6.92 Å². The summed E-state index contributed by atoms with van der Waals surface area (Å²) in [6.07, 6.45) is 1.60. The molecule has 1 fully saturated rings. The van der Waals surface area contributed by atoms with Crippen molar-refractivity contribution in [2.45, 2.75) is 13.0 Å². The van der Waals surface area contributed by atoms with E-state index in [0.29, 0.717) is 6.04 Å². The van der Waals surface area contributed by atoms with E-state index in [1.165, 1.54) is 11.3 Å². The Labute approximate surface area is 111 Å². The molecule has 0 N–H and O–H groups in total. The van der Waals surface area contributed by atoms with Crippen molar-refractivity contribution in [1.82, 2.24) is 15.0 Å². The first-order chi connectivity index (χ1) is 8.25. The second-order valence-corrected chi connectivity index (χ2v) is 6.19. The number of thiazole rings is 1. The summed E-state index contributed by atoms with van der Waals surface area (Å²) >= 11 is 4.92. The molecular weight excluding hydrogens is 304 g/mol. The van der Waals surface area contributed by atoms with Crippen LogP contribution in [0.4, 0.5) is 5.82 Å². The van der Waals surface area contributed by atoms with Crippen molar-refractivity contribution in [3.63, 3.8) is 0 Å². The molecule has 1 aliphatic heterocycles. The second kappa shape index (κ2) is 4.47. The van der Waals surface area contributed by atoms with Gasteiger partial charge in [-0.25, -0.2) is 15.0 Å². The Morgan fingerprint density at radius 3 is 3.24 bits per heavy atom. The maximum atomic E-state index is 5.44. The molecule has 1 atom stereocenters. The van der Waals surface area contributed by atoms with E-state index in [9.17, 15) is 0 Å². The summed E-state index contributed by atoms with van der Waals surface area (Å²) in [6, 6.07) is 0.322. The highest BCUT2D eigenvalue weighted by molar-refractivity contribution is 9.11. The zero-order chi connectivity index (χ0) is 11.8. The first-order valence-corrected chi connectivity index (χ1v) is 6.98. The van der Waals surface area contributed by atoms with Gasteiger partial charge in [0.25, 0.3) is 0 Å². The molecule has 0 aromatic carbocycles. The predicted octanol–water partition coefficient (Wildman–Crippen LogP) is 2.07. The summed E-state index contributed by atoms with van der Waals surface area (Å²) in [4.78, 5) is 16.2. The van der Waals surface area contributed by atoms with Gasteiger partial charge in [-0.2, -0.15) is 0 Å². The van der Waals surface area contributed by atoms with Gasteiger partial charge in [0.1, 0.15) is 16.7 Å². The predicted molar refractivity (Wildman–Crippen MR) is 70.5 cm³/mol. The number of hydrogen-bond acceptors (Lipinski definition) is 6. The molecule has 0 saturated carbocycles.